The molecule has 0 rings (SSSR count). The van der Waals surface area contributed by atoms with E-state index >= 15 is 0 Å². The normalized spacial score (nSPS) is 10.7. The van der Waals surface area contributed by atoms with Crippen molar-refractivity contribution in [1.29, 1.82) is 0 Å². The monoisotopic (exact) mass is 429 g/mol. The third-order valence-corrected chi connectivity index (χ3v) is 5.66. The minimum absolute atomic E-state index is 1.10. The molecule has 0 spiro atoms. The van der Waals surface area contributed by atoms with E-state index in [1.54, 1.807) is 0 Å². The fourth-order valence-electron chi connectivity index (χ4n) is 3.68. The summed E-state index contributed by atoms with van der Waals surface area (Å²) in [7, 11) is 1.10. The van der Waals surface area contributed by atoms with E-state index in [1.165, 1.54) is 135 Å². The van der Waals surface area contributed by atoms with Crippen LogP contribution in [0.2, 0.25) is 0 Å². The van der Waals surface area contributed by atoms with Crippen molar-refractivity contribution >= 4 is 6.16 Å². The Morgan fingerprint density at radius 2 is 0.800 bits per heavy atom. The van der Waals surface area contributed by atoms with Gasteiger partial charge in [-0.1, -0.05) is 117 Å². The third kappa shape index (κ3) is 29.4. The molecule has 0 saturated carbocycles. The number of nitrogens with zero attached hydrogens (tertiary/aromatic N) is 1. The van der Waals surface area contributed by atoms with E-state index in [1.807, 2.05) is 0 Å². The molecular formula is C26H55NO3. The van der Waals surface area contributed by atoms with Gasteiger partial charge in [0.15, 0.2) is 0 Å². The van der Waals surface area contributed by atoms with Crippen LogP contribution in [0.3, 0.4) is 0 Å². The topological polar surface area (TPSA) is 49.8 Å². The Morgan fingerprint density at radius 3 is 1.03 bits per heavy atom. The van der Waals surface area contributed by atoms with Gasteiger partial charge in [-0.15, -0.1) is 0 Å². The van der Waals surface area contributed by atoms with Gasteiger partial charge in [-0.05, 0) is 38.9 Å². The molecule has 0 fully saturated rings. The van der Waals surface area contributed by atoms with Crippen LogP contribution in [0.1, 0.15) is 136 Å². The molecule has 0 aromatic heterocycles. The van der Waals surface area contributed by atoms with Crippen molar-refractivity contribution in [3.05, 3.63) is 0 Å². The smallest absolute Gasteiger partial charge is 0.450 e. The lowest BCUT2D eigenvalue weighted by molar-refractivity contribution is 0.114. The first-order chi connectivity index (χ1) is 14.6. The molecule has 30 heavy (non-hydrogen) atoms. The Balaban J connectivity index is 0. The lowest BCUT2D eigenvalue weighted by Gasteiger charge is -2.22. The van der Waals surface area contributed by atoms with Crippen LogP contribution in [0, 0.1) is 0 Å². The van der Waals surface area contributed by atoms with E-state index in [9.17, 15) is 0 Å². The predicted molar refractivity (Wildman–Crippen MR) is 132 cm³/mol. The van der Waals surface area contributed by atoms with Gasteiger partial charge < -0.3 is 14.7 Å². The average molecular weight is 430 g/mol. The lowest BCUT2D eigenvalue weighted by Crippen LogP contribution is -2.27. The van der Waals surface area contributed by atoms with Gasteiger partial charge in [0.25, 0.3) is 0 Å². The number of carboxylic acid groups (broad SMARTS) is 1. The maximum absolute atomic E-state index is 9.15. The molecule has 0 saturated heterocycles. The van der Waals surface area contributed by atoms with Gasteiger partial charge in [-0.2, -0.15) is 0 Å². The second-order valence-electron chi connectivity index (χ2n) is 8.61. The maximum Gasteiger partial charge on any atom is 0.505 e. The van der Waals surface area contributed by atoms with Gasteiger partial charge in [0.2, 0.25) is 0 Å². The molecule has 4 heteroatoms. The number of methoxy groups -OCH3 is 1. The van der Waals surface area contributed by atoms with Gasteiger partial charge in [-0.3, -0.25) is 0 Å². The van der Waals surface area contributed by atoms with Crippen LogP contribution >= 0.6 is 0 Å². The Kier molecular flexibility index (Phi) is 29.6. The fraction of sp³-hybridized carbons (Fsp3) is 0.962. The zero-order valence-electron chi connectivity index (χ0n) is 21.1. The molecule has 0 radical (unpaired) electrons. The van der Waals surface area contributed by atoms with Crippen LogP contribution in [0.25, 0.3) is 0 Å². The molecule has 4 nitrogen and oxygen atoms in total. The van der Waals surface area contributed by atoms with Gasteiger partial charge in [0.1, 0.15) is 0 Å². The van der Waals surface area contributed by atoms with Gasteiger partial charge in [0, 0.05) is 0 Å². The Bertz CT molecular complexity index is 285. The summed E-state index contributed by atoms with van der Waals surface area (Å²) in [6.45, 7) is 11.0. The van der Waals surface area contributed by atoms with Crippen molar-refractivity contribution in [3.63, 3.8) is 0 Å². The summed E-state index contributed by atoms with van der Waals surface area (Å²) in [4.78, 5) is 11.9. The first-order valence-electron chi connectivity index (χ1n) is 13.1. The van der Waals surface area contributed by atoms with Crippen molar-refractivity contribution in [1.82, 2.24) is 4.90 Å². The van der Waals surface area contributed by atoms with Gasteiger partial charge in [0.05, 0.1) is 7.11 Å². The Morgan fingerprint density at radius 1 is 0.567 bits per heavy atom. The quantitative estimate of drug-likeness (QED) is 0.146. The second kappa shape index (κ2) is 28.2. The molecule has 0 aliphatic rings. The van der Waals surface area contributed by atoms with Crippen molar-refractivity contribution in [3.8, 4) is 0 Å². The molecule has 0 aliphatic carbocycles. The number of hydrogen-bond donors (Lipinski definition) is 1. The zero-order valence-corrected chi connectivity index (χ0v) is 21.1. The first-order valence-corrected chi connectivity index (χ1v) is 13.1. The number of carbonyl (C=O) groups is 1. The summed E-state index contributed by atoms with van der Waals surface area (Å²) in [5.41, 5.74) is 0. The highest BCUT2D eigenvalue weighted by atomic mass is 16.6. The molecule has 0 aliphatic heterocycles. The summed E-state index contributed by atoms with van der Waals surface area (Å²) >= 11 is 0. The third-order valence-electron chi connectivity index (χ3n) is 5.66. The minimum Gasteiger partial charge on any atom is -0.450 e. The molecule has 0 bridgehead atoms. The Labute approximate surface area is 189 Å². The number of hydrogen-bond acceptors (Lipinski definition) is 3. The van der Waals surface area contributed by atoms with Crippen molar-refractivity contribution in [2.45, 2.75) is 136 Å². The standard InChI is InChI=1S/C24H51N.C2H4O3/c1-4-7-10-13-16-19-22-25(23-20-17-14-11-8-5-2)24-21-18-15-12-9-6-3;1-5-2(3)4/h4-24H2,1-3H3;1H3,(H,3,4). The number of unbranched alkanes of at least 4 members (excludes halogenated alkanes) is 15. The van der Waals surface area contributed by atoms with Crippen LogP contribution in [-0.2, 0) is 4.74 Å². The highest BCUT2D eigenvalue weighted by Gasteiger charge is 2.05. The molecule has 0 aromatic carbocycles. The molecular weight excluding hydrogens is 374 g/mol. The SMILES string of the molecule is CCCCCCCCN(CCCCCCCC)CCCCCCCC.COC(=O)O. The molecule has 0 atom stereocenters. The largest absolute Gasteiger partial charge is 0.505 e. The van der Waals surface area contributed by atoms with Crippen LogP contribution < -0.4 is 0 Å². The average Bonchev–Trinajstić information content (AvgIpc) is 2.75. The number of ether oxygens (including phenoxy) is 1. The second-order valence-corrected chi connectivity index (χ2v) is 8.61. The van der Waals surface area contributed by atoms with Crippen LogP contribution in [0.15, 0.2) is 0 Å². The molecule has 0 heterocycles. The van der Waals surface area contributed by atoms with E-state index in [2.05, 4.69) is 30.4 Å². The lowest BCUT2D eigenvalue weighted by atomic mass is 10.1. The number of rotatable bonds is 21. The van der Waals surface area contributed by atoms with E-state index in [0.717, 1.165) is 7.11 Å². The molecule has 182 valence electrons. The first kappa shape index (κ1) is 31.4. The van der Waals surface area contributed by atoms with E-state index in [0.29, 0.717) is 0 Å². The van der Waals surface area contributed by atoms with E-state index in [-0.39, 0.29) is 0 Å². The summed E-state index contributed by atoms with van der Waals surface area (Å²) in [5, 5.41) is 7.50. The van der Waals surface area contributed by atoms with E-state index in [4.69, 9.17) is 9.90 Å². The summed E-state index contributed by atoms with van der Waals surface area (Å²) < 4.78 is 3.67. The van der Waals surface area contributed by atoms with Crippen molar-refractivity contribution < 1.29 is 14.6 Å². The van der Waals surface area contributed by atoms with Gasteiger partial charge >= 0.3 is 6.16 Å². The summed E-state index contributed by atoms with van der Waals surface area (Å²) in [6, 6.07) is 0. The fourth-order valence-corrected chi connectivity index (χ4v) is 3.68. The van der Waals surface area contributed by atoms with Crippen molar-refractivity contribution in [2.24, 2.45) is 0 Å². The predicted octanol–water partition coefficient (Wildman–Crippen LogP) is 8.68. The maximum atomic E-state index is 9.15. The van der Waals surface area contributed by atoms with Crippen LogP contribution in [-0.4, -0.2) is 42.9 Å². The molecule has 1 N–H and O–H groups in total. The van der Waals surface area contributed by atoms with Gasteiger partial charge in [-0.25, -0.2) is 4.79 Å². The summed E-state index contributed by atoms with van der Waals surface area (Å²) in [5.74, 6) is 0. The summed E-state index contributed by atoms with van der Waals surface area (Å²) in [6.07, 6.45) is 24.5. The van der Waals surface area contributed by atoms with Crippen LogP contribution in [0.5, 0.6) is 0 Å². The highest BCUT2D eigenvalue weighted by Crippen LogP contribution is 2.11. The molecule has 0 aromatic rings. The zero-order chi connectivity index (χ0) is 22.7. The highest BCUT2D eigenvalue weighted by molar-refractivity contribution is 5.56. The molecule has 0 amide bonds. The Hall–Kier alpha value is -0.770. The van der Waals surface area contributed by atoms with E-state index < -0.39 is 6.16 Å². The van der Waals surface area contributed by atoms with Crippen LogP contribution in [0.4, 0.5) is 4.79 Å². The molecule has 0 unspecified atom stereocenters. The minimum atomic E-state index is -1.25. The van der Waals surface area contributed by atoms with Crippen molar-refractivity contribution in [2.75, 3.05) is 26.7 Å².